The predicted octanol–water partition coefficient (Wildman–Crippen LogP) is 1.15. The maximum atomic E-state index is 13.5. The van der Waals surface area contributed by atoms with Crippen LogP contribution in [0.5, 0.6) is 0 Å². The van der Waals surface area contributed by atoms with Crippen molar-refractivity contribution in [2.45, 2.75) is 0 Å². The Kier molecular flexibility index (Phi) is 4.99. The predicted molar refractivity (Wildman–Crippen MR) is 77.7 cm³/mol. The van der Waals surface area contributed by atoms with Crippen molar-refractivity contribution in [2.75, 3.05) is 32.1 Å². The van der Waals surface area contributed by atoms with Crippen LogP contribution in [0.4, 0.5) is 10.1 Å². The highest BCUT2D eigenvalue weighted by Gasteiger charge is 2.34. The van der Waals surface area contributed by atoms with E-state index in [0.29, 0.717) is 0 Å². The summed E-state index contributed by atoms with van der Waals surface area (Å²) in [6.45, 7) is -0.170. The molecule has 0 atom stereocenters. The van der Waals surface area contributed by atoms with E-state index < -0.39 is 17.7 Å². The number of β-amino-alcohol motifs (C(OH)–C–C–N with tert-alkyl or cyclic N) is 1. The molecule has 118 valence electrons. The van der Waals surface area contributed by atoms with Crippen molar-refractivity contribution < 1.29 is 23.8 Å². The van der Waals surface area contributed by atoms with Crippen LogP contribution in [-0.4, -0.2) is 48.7 Å². The van der Waals surface area contributed by atoms with E-state index in [2.05, 4.69) is 10.1 Å². The molecule has 22 heavy (non-hydrogen) atoms. The maximum Gasteiger partial charge on any atom is 0.337 e. The molecule has 0 radical (unpaired) electrons. The quantitative estimate of drug-likeness (QED) is 0.793. The average molecular weight is 329 g/mol. The summed E-state index contributed by atoms with van der Waals surface area (Å²) in [6.07, 6.45) is 0. The second-order valence-corrected chi connectivity index (χ2v) is 4.90. The molecule has 1 aromatic carbocycles. The van der Waals surface area contributed by atoms with Crippen LogP contribution in [0.2, 0.25) is 5.02 Å². The summed E-state index contributed by atoms with van der Waals surface area (Å²) in [5.74, 6) is -1.82. The number of amides is 1. The third-order valence-corrected chi connectivity index (χ3v) is 3.55. The normalized spacial score (nSPS) is 14.5. The molecule has 1 aliphatic heterocycles. The van der Waals surface area contributed by atoms with Gasteiger partial charge in [0.05, 0.1) is 36.5 Å². The zero-order valence-electron chi connectivity index (χ0n) is 11.7. The van der Waals surface area contributed by atoms with Crippen LogP contribution in [0.3, 0.4) is 0 Å². The van der Waals surface area contributed by atoms with E-state index in [1.807, 2.05) is 0 Å². The third kappa shape index (κ3) is 3.05. The monoisotopic (exact) mass is 328 g/mol. The summed E-state index contributed by atoms with van der Waals surface area (Å²) in [4.78, 5) is 25.3. The first kappa shape index (κ1) is 16.3. The number of carbonyl (C=O) groups is 2. The minimum Gasteiger partial charge on any atom is -0.466 e. The van der Waals surface area contributed by atoms with E-state index in [1.165, 1.54) is 30.2 Å². The summed E-state index contributed by atoms with van der Waals surface area (Å²) in [6, 6.07) is 4.08. The van der Waals surface area contributed by atoms with Crippen molar-refractivity contribution >= 4 is 29.2 Å². The number of aliphatic hydroxyl groups is 1. The lowest BCUT2D eigenvalue weighted by molar-refractivity contribution is -0.136. The molecule has 0 aliphatic carbocycles. The smallest absolute Gasteiger partial charge is 0.337 e. The minimum absolute atomic E-state index is 0.00132. The van der Waals surface area contributed by atoms with Crippen LogP contribution in [0.15, 0.2) is 29.5 Å². The highest BCUT2D eigenvalue weighted by atomic mass is 35.5. The Balaban J connectivity index is 2.37. The fourth-order valence-corrected chi connectivity index (χ4v) is 2.26. The Morgan fingerprint density at radius 1 is 1.55 bits per heavy atom. The van der Waals surface area contributed by atoms with Crippen LogP contribution in [0, 0.1) is 5.82 Å². The molecular formula is C14H14ClFN2O4. The maximum absolute atomic E-state index is 13.5. The number of anilines is 1. The van der Waals surface area contributed by atoms with Gasteiger partial charge >= 0.3 is 5.97 Å². The fraction of sp³-hybridized carbons (Fsp3) is 0.286. The molecule has 0 unspecified atom stereocenters. The van der Waals surface area contributed by atoms with Crippen LogP contribution in [-0.2, 0) is 14.3 Å². The minimum atomic E-state index is -0.677. The Morgan fingerprint density at radius 2 is 2.27 bits per heavy atom. The van der Waals surface area contributed by atoms with Gasteiger partial charge in [-0.25, -0.2) is 9.18 Å². The SMILES string of the molecule is COC(=O)C1=C(Nc2cccc(F)c2Cl)C(=O)N(CCO)C1. The highest BCUT2D eigenvalue weighted by Crippen LogP contribution is 2.29. The molecule has 2 N–H and O–H groups in total. The Bertz CT molecular complexity index is 648. The number of hydrogen-bond acceptors (Lipinski definition) is 5. The van der Waals surface area contributed by atoms with Gasteiger partial charge in [-0.2, -0.15) is 0 Å². The Morgan fingerprint density at radius 3 is 2.91 bits per heavy atom. The number of ether oxygens (including phenoxy) is 1. The molecule has 1 aliphatic rings. The fourth-order valence-electron chi connectivity index (χ4n) is 2.08. The topological polar surface area (TPSA) is 78.9 Å². The van der Waals surface area contributed by atoms with Crippen LogP contribution >= 0.6 is 11.6 Å². The van der Waals surface area contributed by atoms with Gasteiger partial charge < -0.3 is 20.1 Å². The van der Waals surface area contributed by atoms with E-state index in [1.54, 1.807) is 0 Å². The van der Waals surface area contributed by atoms with E-state index in [4.69, 9.17) is 16.7 Å². The molecule has 0 spiro atoms. The third-order valence-electron chi connectivity index (χ3n) is 3.16. The molecule has 0 bridgehead atoms. The number of rotatable bonds is 5. The summed E-state index contributed by atoms with van der Waals surface area (Å²) < 4.78 is 18.1. The first-order chi connectivity index (χ1) is 10.5. The number of halogens is 2. The van der Waals surface area contributed by atoms with Crippen molar-refractivity contribution in [1.29, 1.82) is 0 Å². The van der Waals surface area contributed by atoms with Gasteiger partial charge in [0.1, 0.15) is 11.5 Å². The lowest BCUT2D eigenvalue weighted by atomic mass is 10.2. The molecule has 8 heteroatoms. The van der Waals surface area contributed by atoms with Crippen molar-refractivity contribution in [3.05, 3.63) is 40.3 Å². The van der Waals surface area contributed by atoms with Gasteiger partial charge in [-0.05, 0) is 12.1 Å². The lowest BCUT2D eigenvalue weighted by Gasteiger charge is -2.15. The molecular weight excluding hydrogens is 315 g/mol. The second kappa shape index (κ2) is 6.76. The first-order valence-electron chi connectivity index (χ1n) is 6.42. The Labute approximate surface area is 131 Å². The molecule has 2 rings (SSSR count). The number of nitrogens with zero attached hydrogens (tertiary/aromatic N) is 1. The standard InChI is InChI=1S/C14H14ClFN2O4/c1-22-14(21)8-7-18(5-6-19)13(20)12(8)17-10-4-2-3-9(16)11(10)15/h2-4,17,19H,5-7H2,1H3. The molecule has 1 heterocycles. The number of nitrogens with one attached hydrogen (secondary N) is 1. The summed E-state index contributed by atoms with van der Waals surface area (Å²) in [7, 11) is 1.20. The second-order valence-electron chi connectivity index (χ2n) is 4.52. The number of carbonyl (C=O) groups excluding carboxylic acids is 2. The van der Waals surface area contributed by atoms with Gasteiger partial charge in [0.25, 0.3) is 5.91 Å². The number of methoxy groups -OCH3 is 1. The van der Waals surface area contributed by atoms with E-state index in [0.717, 1.165) is 0 Å². The Hall–Kier alpha value is -2.12. The number of aliphatic hydroxyl groups excluding tert-OH is 1. The molecule has 1 aromatic rings. The van der Waals surface area contributed by atoms with Crippen molar-refractivity contribution in [3.63, 3.8) is 0 Å². The summed E-state index contributed by atoms with van der Waals surface area (Å²) >= 11 is 5.84. The largest absolute Gasteiger partial charge is 0.466 e. The van der Waals surface area contributed by atoms with Crippen LogP contribution in [0.25, 0.3) is 0 Å². The summed E-state index contributed by atoms with van der Waals surface area (Å²) in [5.41, 5.74) is 0.228. The van der Waals surface area contributed by atoms with Gasteiger partial charge in [0, 0.05) is 6.54 Å². The molecule has 0 aromatic heterocycles. The van der Waals surface area contributed by atoms with Gasteiger partial charge in [-0.3, -0.25) is 4.79 Å². The van der Waals surface area contributed by atoms with Gasteiger partial charge in [-0.15, -0.1) is 0 Å². The van der Waals surface area contributed by atoms with E-state index in [9.17, 15) is 14.0 Å². The molecule has 6 nitrogen and oxygen atoms in total. The molecule has 0 fully saturated rings. The van der Waals surface area contributed by atoms with Crippen LogP contribution in [0.1, 0.15) is 0 Å². The van der Waals surface area contributed by atoms with Crippen molar-refractivity contribution in [1.82, 2.24) is 4.90 Å². The lowest BCUT2D eigenvalue weighted by Crippen LogP contribution is -2.31. The number of esters is 1. The zero-order valence-corrected chi connectivity index (χ0v) is 12.5. The zero-order chi connectivity index (χ0) is 16.3. The van der Waals surface area contributed by atoms with Crippen molar-refractivity contribution in [2.24, 2.45) is 0 Å². The van der Waals surface area contributed by atoms with Crippen LogP contribution < -0.4 is 5.32 Å². The van der Waals surface area contributed by atoms with Gasteiger partial charge in [-0.1, -0.05) is 17.7 Å². The van der Waals surface area contributed by atoms with Crippen molar-refractivity contribution in [3.8, 4) is 0 Å². The molecule has 0 saturated heterocycles. The summed E-state index contributed by atoms with van der Waals surface area (Å²) in [5, 5.41) is 11.5. The molecule has 0 saturated carbocycles. The highest BCUT2D eigenvalue weighted by molar-refractivity contribution is 6.33. The van der Waals surface area contributed by atoms with Gasteiger partial charge in [0.15, 0.2) is 0 Å². The van der Waals surface area contributed by atoms with E-state index in [-0.39, 0.29) is 41.7 Å². The molecule has 1 amide bonds. The first-order valence-corrected chi connectivity index (χ1v) is 6.80. The van der Waals surface area contributed by atoms with E-state index >= 15 is 0 Å². The average Bonchev–Trinajstić information content (AvgIpc) is 2.81. The van der Waals surface area contributed by atoms with Gasteiger partial charge in [0.2, 0.25) is 0 Å². The number of hydrogen-bond donors (Lipinski definition) is 2. The number of benzene rings is 1.